The predicted octanol–water partition coefficient (Wildman–Crippen LogP) is 5.42. The molecule has 0 bridgehead atoms. The van der Waals surface area contributed by atoms with Crippen LogP contribution in [0.2, 0.25) is 0 Å². The van der Waals surface area contributed by atoms with Gasteiger partial charge in [-0.2, -0.15) is 0 Å². The molecule has 2 N–H and O–H groups in total. The Hall–Kier alpha value is -3.96. The highest BCUT2D eigenvalue weighted by Gasteiger charge is 2.25. The Morgan fingerprint density at radius 3 is 2.48 bits per heavy atom. The summed E-state index contributed by atoms with van der Waals surface area (Å²) in [5.74, 6) is 0.786. The van der Waals surface area contributed by atoms with Crippen LogP contribution in [0, 0.1) is 13.8 Å². The van der Waals surface area contributed by atoms with Gasteiger partial charge in [0.1, 0.15) is 11.5 Å². The second-order valence-corrected chi connectivity index (χ2v) is 11.7. The van der Waals surface area contributed by atoms with Crippen molar-refractivity contribution in [1.82, 2.24) is 20.0 Å². The zero-order valence-electron chi connectivity index (χ0n) is 25.1. The predicted molar refractivity (Wildman–Crippen MR) is 162 cm³/mol. The summed E-state index contributed by atoms with van der Waals surface area (Å²) in [7, 11) is -2.38. The van der Waals surface area contributed by atoms with Crippen LogP contribution in [0.1, 0.15) is 71.6 Å². The van der Waals surface area contributed by atoms with Crippen LogP contribution < -0.4 is 10.0 Å². The number of hydrogen-bond donors (Lipinski definition) is 2. The van der Waals surface area contributed by atoms with Gasteiger partial charge in [0.25, 0.3) is 15.9 Å². The number of ether oxygens (including phenoxy) is 1. The molecular weight excluding hydrogens is 554 g/mol. The topological polar surface area (TPSA) is 128 Å². The lowest BCUT2D eigenvalue weighted by Crippen LogP contribution is -2.24. The third-order valence-electron chi connectivity index (χ3n) is 7.19. The first-order chi connectivity index (χ1) is 20.1. The zero-order chi connectivity index (χ0) is 30.4. The molecule has 0 saturated carbocycles. The maximum atomic E-state index is 13.6. The maximum Gasteiger partial charge on any atom is 0.269 e. The number of sulfonamides is 1. The van der Waals surface area contributed by atoms with E-state index >= 15 is 0 Å². The molecule has 10 nitrogen and oxygen atoms in total. The van der Waals surface area contributed by atoms with Crippen molar-refractivity contribution in [3.8, 4) is 11.1 Å². The fraction of sp³-hybridized carbons (Fsp3) is 0.387. The Morgan fingerprint density at radius 2 is 1.83 bits per heavy atom. The van der Waals surface area contributed by atoms with E-state index in [-0.39, 0.29) is 23.3 Å². The SMILES string of the molecule is CCCc1nc(CC)c(C(=O)NC)n1Cc1ccc(-c2ccccc2S(=O)(=O)Nc2onc(C)c2C)c(COCC)c1. The summed E-state index contributed by atoms with van der Waals surface area (Å²) in [4.78, 5) is 17.8. The number of amides is 1. The summed E-state index contributed by atoms with van der Waals surface area (Å²) >= 11 is 0. The van der Waals surface area contributed by atoms with Crippen molar-refractivity contribution in [1.29, 1.82) is 0 Å². The first-order valence-corrected chi connectivity index (χ1v) is 15.7. The van der Waals surface area contributed by atoms with E-state index in [2.05, 4.69) is 22.1 Å². The van der Waals surface area contributed by atoms with Gasteiger partial charge in [-0.15, -0.1) is 0 Å². The molecule has 0 spiro atoms. The third-order valence-corrected chi connectivity index (χ3v) is 8.58. The molecule has 0 saturated heterocycles. The van der Waals surface area contributed by atoms with Crippen LogP contribution in [0.5, 0.6) is 0 Å². The van der Waals surface area contributed by atoms with E-state index in [1.165, 1.54) is 0 Å². The van der Waals surface area contributed by atoms with Gasteiger partial charge in [0, 0.05) is 37.7 Å². The molecule has 0 aliphatic rings. The molecule has 11 heteroatoms. The van der Waals surface area contributed by atoms with Crippen molar-refractivity contribution >= 4 is 21.8 Å². The molecule has 4 aromatic rings. The van der Waals surface area contributed by atoms with E-state index in [4.69, 9.17) is 14.2 Å². The largest absolute Gasteiger partial charge is 0.377 e. The van der Waals surface area contributed by atoms with Crippen molar-refractivity contribution in [3.63, 3.8) is 0 Å². The minimum absolute atomic E-state index is 0.0915. The molecule has 0 aliphatic carbocycles. The van der Waals surface area contributed by atoms with Gasteiger partial charge in [0.05, 0.1) is 22.9 Å². The Balaban J connectivity index is 1.79. The molecule has 0 fully saturated rings. The smallest absolute Gasteiger partial charge is 0.269 e. The fourth-order valence-electron chi connectivity index (χ4n) is 4.89. The third kappa shape index (κ3) is 6.42. The van der Waals surface area contributed by atoms with Gasteiger partial charge in [-0.3, -0.25) is 4.79 Å². The second kappa shape index (κ2) is 13.3. The molecule has 2 aromatic carbocycles. The first-order valence-electron chi connectivity index (χ1n) is 14.2. The van der Waals surface area contributed by atoms with Gasteiger partial charge < -0.3 is 19.1 Å². The number of imidazole rings is 1. The summed E-state index contributed by atoms with van der Waals surface area (Å²) in [5, 5.41) is 6.62. The molecule has 1 amide bonds. The lowest BCUT2D eigenvalue weighted by molar-refractivity contribution is 0.0953. The number of nitrogens with zero attached hydrogens (tertiary/aromatic N) is 3. The highest BCUT2D eigenvalue weighted by molar-refractivity contribution is 7.92. The number of aromatic nitrogens is 3. The number of anilines is 1. The number of carbonyl (C=O) groups excluding carboxylic acids is 1. The lowest BCUT2D eigenvalue weighted by Gasteiger charge is -2.17. The van der Waals surface area contributed by atoms with E-state index in [0.29, 0.717) is 42.1 Å². The fourth-order valence-corrected chi connectivity index (χ4v) is 6.16. The van der Waals surface area contributed by atoms with Crippen LogP contribution in [0.15, 0.2) is 51.9 Å². The first kappa shape index (κ1) is 31.0. The monoisotopic (exact) mass is 593 g/mol. The number of carbonyl (C=O) groups is 1. The van der Waals surface area contributed by atoms with Crippen molar-refractivity contribution in [3.05, 3.63) is 82.1 Å². The second-order valence-electron chi connectivity index (χ2n) is 10.0. The summed E-state index contributed by atoms with van der Waals surface area (Å²) in [6, 6.07) is 12.7. The highest BCUT2D eigenvalue weighted by Crippen LogP contribution is 2.33. The molecule has 42 heavy (non-hydrogen) atoms. The molecule has 4 rings (SSSR count). The number of hydrogen-bond acceptors (Lipinski definition) is 7. The highest BCUT2D eigenvalue weighted by atomic mass is 32.2. The minimum Gasteiger partial charge on any atom is -0.377 e. The van der Waals surface area contributed by atoms with Gasteiger partial charge in [0.15, 0.2) is 0 Å². The number of benzene rings is 2. The van der Waals surface area contributed by atoms with E-state index < -0.39 is 10.0 Å². The maximum absolute atomic E-state index is 13.6. The lowest BCUT2D eigenvalue weighted by atomic mass is 9.97. The molecule has 224 valence electrons. The Bertz CT molecular complexity index is 1670. The minimum atomic E-state index is -4.01. The van der Waals surface area contributed by atoms with Gasteiger partial charge >= 0.3 is 0 Å². The average Bonchev–Trinajstić information content (AvgIpc) is 3.49. The normalized spacial score (nSPS) is 11.6. The molecule has 0 radical (unpaired) electrons. The molecule has 2 aromatic heterocycles. The summed E-state index contributed by atoms with van der Waals surface area (Å²) in [5.41, 5.74) is 5.63. The Morgan fingerprint density at radius 1 is 1.07 bits per heavy atom. The van der Waals surface area contributed by atoms with Crippen LogP contribution in [-0.4, -0.2) is 42.7 Å². The van der Waals surface area contributed by atoms with Crippen molar-refractivity contribution < 1.29 is 22.5 Å². The van der Waals surface area contributed by atoms with Crippen LogP contribution in [0.4, 0.5) is 5.88 Å². The summed E-state index contributed by atoms with van der Waals surface area (Å²) in [6.45, 7) is 10.7. The number of nitrogens with one attached hydrogen (secondary N) is 2. The van der Waals surface area contributed by atoms with Crippen LogP contribution in [0.3, 0.4) is 0 Å². The van der Waals surface area contributed by atoms with Crippen LogP contribution >= 0.6 is 0 Å². The van der Waals surface area contributed by atoms with Crippen molar-refractivity contribution in [2.45, 2.75) is 71.9 Å². The van der Waals surface area contributed by atoms with Crippen molar-refractivity contribution in [2.75, 3.05) is 18.4 Å². The molecule has 0 unspecified atom stereocenters. The van der Waals surface area contributed by atoms with Gasteiger partial charge in [-0.1, -0.05) is 55.4 Å². The Labute approximate surface area is 247 Å². The molecule has 2 heterocycles. The average molecular weight is 594 g/mol. The molecule has 0 atom stereocenters. The quantitative estimate of drug-likeness (QED) is 0.212. The summed E-state index contributed by atoms with van der Waals surface area (Å²) in [6.07, 6.45) is 2.29. The Kier molecular flexibility index (Phi) is 9.85. The van der Waals surface area contributed by atoms with Gasteiger partial charge in [0.2, 0.25) is 5.88 Å². The van der Waals surface area contributed by atoms with E-state index in [9.17, 15) is 13.2 Å². The number of aryl methyl sites for hydroxylation is 3. The number of rotatable bonds is 13. The molecule has 0 aliphatic heterocycles. The van der Waals surface area contributed by atoms with Gasteiger partial charge in [-0.05, 0) is 56.4 Å². The molecular formula is C31H39N5O5S. The van der Waals surface area contributed by atoms with E-state index in [1.54, 1.807) is 45.2 Å². The standard InChI is InChI=1S/C31H39N5O5S/c1-7-12-28-33-26(8-2)29(30(37)32-6)36(28)18-22-15-16-24(23(17-22)19-40-9-3)25-13-10-11-14-27(25)42(38,39)35-31-20(4)21(5)34-41-31/h10-11,13-17,35H,7-9,12,18-19H2,1-6H3,(H,32,37). The van der Waals surface area contributed by atoms with Gasteiger partial charge in [-0.25, -0.2) is 18.1 Å². The van der Waals surface area contributed by atoms with E-state index in [1.807, 2.05) is 36.6 Å². The summed E-state index contributed by atoms with van der Waals surface area (Å²) < 4.78 is 42.7. The van der Waals surface area contributed by atoms with E-state index in [0.717, 1.165) is 41.1 Å². The van der Waals surface area contributed by atoms with Crippen molar-refractivity contribution in [2.24, 2.45) is 0 Å². The zero-order valence-corrected chi connectivity index (χ0v) is 25.9. The van der Waals surface area contributed by atoms with Crippen LogP contribution in [-0.2, 0) is 40.8 Å². The van der Waals surface area contributed by atoms with Crippen LogP contribution in [0.25, 0.3) is 11.1 Å².